The minimum absolute atomic E-state index is 0.00578. The Labute approximate surface area is 210 Å². The van der Waals surface area contributed by atoms with Gasteiger partial charge in [-0.1, -0.05) is 42.5 Å². The second-order valence-corrected chi connectivity index (χ2v) is 10.0. The van der Waals surface area contributed by atoms with Gasteiger partial charge in [-0.15, -0.1) is 0 Å². The Hall–Kier alpha value is -3.69. The molecule has 188 valence electrons. The van der Waals surface area contributed by atoms with Crippen LogP contribution in [0.1, 0.15) is 34.5 Å². The van der Waals surface area contributed by atoms with E-state index in [2.05, 4.69) is 4.72 Å². The Kier molecular flexibility index (Phi) is 8.02. The molecule has 1 amide bonds. The van der Waals surface area contributed by atoms with Crippen LogP contribution in [0.25, 0.3) is 0 Å². The number of hydrogen-bond donors (Lipinski definition) is 1. The van der Waals surface area contributed by atoms with E-state index in [4.69, 9.17) is 9.47 Å². The van der Waals surface area contributed by atoms with E-state index in [1.165, 1.54) is 12.1 Å². The number of rotatable bonds is 9. The predicted molar refractivity (Wildman–Crippen MR) is 134 cm³/mol. The maximum atomic E-state index is 13.4. The lowest BCUT2D eigenvalue weighted by atomic mass is 9.91. The molecule has 0 saturated carbocycles. The summed E-state index contributed by atoms with van der Waals surface area (Å²) in [5.74, 6) is -0.121. The highest BCUT2D eigenvalue weighted by atomic mass is 32.2. The Morgan fingerprint density at radius 3 is 2.39 bits per heavy atom. The summed E-state index contributed by atoms with van der Waals surface area (Å²) >= 11 is 0. The summed E-state index contributed by atoms with van der Waals surface area (Å²) in [5, 5.41) is 0. The highest BCUT2D eigenvalue weighted by Gasteiger charge is 2.32. The Morgan fingerprint density at radius 2 is 1.69 bits per heavy atom. The molecule has 1 atom stereocenters. The average molecular weight is 509 g/mol. The quantitative estimate of drug-likeness (QED) is 0.445. The van der Waals surface area contributed by atoms with Crippen LogP contribution >= 0.6 is 0 Å². The van der Waals surface area contributed by atoms with Gasteiger partial charge in [-0.25, -0.2) is 17.9 Å². The van der Waals surface area contributed by atoms with Gasteiger partial charge >= 0.3 is 5.97 Å². The molecule has 1 heterocycles. The summed E-state index contributed by atoms with van der Waals surface area (Å²) in [6.07, 6.45) is 0.562. The van der Waals surface area contributed by atoms with Gasteiger partial charge in [0.2, 0.25) is 10.0 Å². The van der Waals surface area contributed by atoms with Crippen molar-refractivity contribution >= 4 is 21.9 Å². The second-order valence-electron chi connectivity index (χ2n) is 8.25. The fraction of sp³-hybridized carbons (Fsp3) is 0.259. The van der Waals surface area contributed by atoms with Crippen LogP contribution in [-0.4, -0.2) is 51.5 Å². The van der Waals surface area contributed by atoms with Crippen LogP contribution in [0.2, 0.25) is 0 Å². The topological polar surface area (TPSA) is 102 Å². The van der Waals surface area contributed by atoms with Gasteiger partial charge in [-0.2, -0.15) is 0 Å². The van der Waals surface area contributed by atoms with Gasteiger partial charge in [0.05, 0.1) is 17.5 Å². The number of carbonyl (C=O) groups is 2. The fourth-order valence-corrected chi connectivity index (χ4v) is 5.26. The van der Waals surface area contributed by atoms with Crippen molar-refractivity contribution in [2.75, 3.05) is 26.3 Å². The third-order valence-electron chi connectivity index (χ3n) is 5.94. The first-order valence-corrected chi connectivity index (χ1v) is 13.2. The molecule has 0 aliphatic carbocycles. The van der Waals surface area contributed by atoms with E-state index in [0.29, 0.717) is 24.3 Å². The first-order valence-electron chi connectivity index (χ1n) is 11.7. The molecule has 1 aliphatic heterocycles. The van der Waals surface area contributed by atoms with E-state index in [9.17, 15) is 18.0 Å². The molecular weight excluding hydrogens is 480 g/mol. The van der Waals surface area contributed by atoms with Crippen molar-refractivity contribution in [3.05, 3.63) is 95.6 Å². The Balaban J connectivity index is 1.60. The summed E-state index contributed by atoms with van der Waals surface area (Å²) in [6.45, 7) is 2.21. The highest BCUT2D eigenvalue weighted by molar-refractivity contribution is 7.89. The van der Waals surface area contributed by atoms with Gasteiger partial charge in [0.25, 0.3) is 5.91 Å². The van der Waals surface area contributed by atoms with E-state index in [1.54, 1.807) is 60.4 Å². The number of fused-ring (bicyclic) bond motifs is 1. The summed E-state index contributed by atoms with van der Waals surface area (Å²) in [5.41, 5.74) is 2.29. The molecule has 36 heavy (non-hydrogen) atoms. The average Bonchev–Trinajstić information content (AvgIpc) is 2.91. The Morgan fingerprint density at radius 1 is 1.00 bits per heavy atom. The van der Waals surface area contributed by atoms with Crippen molar-refractivity contribution in [3.8, 4) is 5.75 Å². The molecule has 0 bridgehead atoms. The fourth-order valence-electron chi connectivity index (χ4n) is 4.20. The molecule has 1 unspecified atom stereocenters. The normalized spacial score (nSPS) is 15.1. The molecule has 9 heteroatoms. The molecular formula is C27H28N2O6S. The summed E-state index contributed by atoms with van der Waals surface area (Å²) in [7, 11) is -3.77. The first kappa shape index (κ1) is 25.4. The smallest absolute Gasteiger partial charge is 0.344 e. The van der Waals surface area contributed by atoms with Gasteiger partial charge in [0.1, 0.15) is 5.75 Å². The number of benzene rings is 3. The van der Waals surface area contributed by atoms with Gasteiger partial charge in [-0.05, 0) is 60.9 Å². The lowest BCUT2D eigenvalue weighted by Gasteiger charge is -2.37. The molecule has 3 aromatic carbocycles. The second kappa shape index (κ2) is 11.4. The van der Waals surface area contributed by atoms with Crippen molar-refractivity contribution in [2.45, 2.75) is 24.3 Å². The van der Waals surface area contributed by atoms with Crippen LogP contribution in [0.4, 0.5) is 0 Å². The SMILES string of the molecule is CCOC(=O)COc1ccc2c(c1)CCN(C(=O)c1ccccc1)C2CNS(=O)(=O)c1ccccc1. The number of sulfonamides is 1. The minimum atomic E-state index is -3.77. The molecule has 0 spiro atoms. The highest BCUT2D eigenvalue weighted by Crippen LogP contribution is 2.33. The van der Waals surface area contributed by atoms with Crippen LogP contribution in [0.5, 0.6) is 5.75 Å². The molecule has 1 aliphatic rings. The van der Waals surface area contributed by atoms with E-state index in [0.717, 1.165) is 11.1 Å². The molecule has 0 saturated heterocycles. The largest absolute Gasteiger partial charge is 0.482 e. The van der Waals surface area contributed by atoms with Gasteiger partial charge < -0.3 is 14.4 Å². The van der Waals surface area contributed by atoms with Crippen LogP contribution < -0.4 is 9.46 Å². The van der Waals surface area contributed by atoms with Gasteiger partial charge in [-0.3, -0.25) is 4.79 Å². The third-order valence-corrected chi connectivity index (χ3v) is 7.38. The monoisotopic (exact) mass is 508 g/mol. The minimum Gasteiger partial charge on any atom is -0.482 e. The molecule has 8 nitrogen and oxygen atoms in total. The van der Waals surface area contributed by atoms with Crippen molar-refractivity contribution < 1.29 is 27.5 Å². The maximum absolute atomic E-state index is 13.4. The molecule has 0 radical (unpaired) electrons. The first-order chi connectivity index (χ1) is 17.4. The zero-order valence-electron chi connectivity index (χ0n) is 19.9. The van der Waals surface area contributed by atoms with Crippen LogP contribution in [0.3, 0.4) is 0 Å². The number of nitrogens with one attached hydrogen (secondary N) is 1. The number of hydrogen-bond acceptors (Lipinski definition) is 6. The van der Waals surface area contributed by atoms with E-state index in [1.807, 2.05) is 18.2 Å². The lowest BCUT2D eigenvalue weighted by molar-refractivity contribution is -0.145. The van der Waals surface area contributed by atoms with Crippen molar-refractivity contribution in [2.24, 2.45) is 0 Å². The van der Waals surface area contributed by atoms with Crippen molar-refractivity contribution in [3.63, 3.8) is 0 Å². The standard InChI is InChI=1S/C27H28N2O6S/c1-2-34-26(30)19-35-22-13-14-24-21(17-22)15-16-29(27(31)20-9-5-3-6-10-20)25(24)18-28-36(32,33)23-11-7-4-8-12-23/h3-14,17,25,28H,2,15-16,18-19H2,1H3. The van der Waals surface area contributed by atoms with E-state index >= 15 is 0 Å². The molecule has 4 rings (SSSR count). The van der Waals surface area contributed by atoms with Crippen LogP contribution in [0.15, 0.2) is 83.8 Å². The van der Waals surface area contributed by atoms with Crippen LogP contribution in [0, 0.1) is 0 Å². The lowest BCUT2D eigenvalue weighted by Crippen LogP contribution is -2.45. The van der Waals surface area contributed by atoms with Crippen molar-refractivity contribution in [1.82, 2.24) is 9.62 Å². The summed E-state index contributed by atoms with van der Waals surface area (Å²) in [4.78, 5) is 26.9. The van der Waals surface area contributed by atoms with Gasteiger partial charge in [0.15, 0.2) is 6.61 Å². The van der Waals surface area contributed by atoms with E-state index in [-0.39, 0.29) is 30.6 Å². The third kappa shape index (κ3) is 5.92. The number of amides is 1. The number of ether oxygens (including phenoxy) is 2. The zero-order valence-corrected chi connectivity index (χ0v) is 20.7. The molecule has 0 aromatic heterocycles. The van der Waals surface area contributed by atoms with Crippen molar-refractivity contribution in [1.29, 1.82) is 0 Å². The number of esters is 1. The molecule has 0 fully saturated rings. The summed E-state index contributed by atoms with van der Waals surface area (Å²) in [6, 6.07) is 21.9. The van der Waals surface area contributed by atoms with E-state index < -0.39 is 22.0 Å². The molecule has 1 N–H and O–H groups in total. The maximum Gasteiger partial charge on any atom is 0.344 e. The van der Waals surface area contributed by atoms with Gasteiger partial charge in [0, 0.05) is 18.7 Å². The predicted octanol–water partition coefficient (Wildman–Crippen LogP) is 3.35. The number of nitrogens with zero attached hydrogens (tertiary/aromatic N) is 1. The zero-order chi connectivity index (χ0) is 25.5. The molecule has 3 aromatic rings. The summed E-state index contributed by atoms with van der Waals surface area (Å²) < 4.78 is 39.0. The van der Waals surface area contributed by atoms with Crippen LogP contribution in [-0.2, 0) is 26.0 Å². The Bertz CT molecular complexity index is 1310. The number of carbonyl (C=O) groups excluding carboxylic acids is 2.